The summed E-state index contributed by atoms with van der Waals surface area (Å²) in [7, 11) is -1.72. The van der Waals surface area contributed by atoms with Crippen LogP contribution in [-0.4, -0.2) is 26.9 Å². The molecule has 0 aliphatic carbocycles. The summed E-state index contributed by atoms with van der Waals surface area (Å²) >= 11 is 0. The third-order valence-electron chi connectivity index (χ3n) is 2.64. The van der Waals surface area contributed by atoms with Gasteiger partial charge >= 0.3 is 5.97 Å². The number of benzene rings is 1. The number of ether oxygens (including phenoxy) is 2. The zero-order chi connectivity index (χ0) is 13.6. The lowest BCUT2D eigenvalue weighted by molar-refractivity contribution is -0.139. The van der Waals surface area contributed by atoms with Crippen molar-refractivity contribution in [3.8, 4) is 5.75 Å². The van der Waals surface area contributed by atoms with Crippen molar-refractivity contribution in [1.82, 2.24) is 0 Å². The second-order valence-electron chi connectivity index (χ2n) is 4.79. The molecule has 1 aromatic rings. The largest absolute Gasteiger partial charge is 0.490 e. The van der Waals surface area contributed by atoms with Crippen LogP contribution >= 0.6 is 0 Å². The second kappa shape index (κ2) is 6.40. The zero-order valence-electron chi connectivity index (χ0n) is 11.2. The minimum Gasteiger partial charge on any atom is -0.490 e. The van der Waals surface area contributed by atoms with Crippen molar-refractivity contribution in [3.05, 3.63) is 36.9 Å². The van der Waals surface area contributed by atoms with Gasteiger partial charge in [-0.1, -0.05) is 43.1 Å². The summed E-state index contributed by atoms with van der Waals surface area (Å²) in [5.74, 6) is 0.609. The Morgan fingerprint density at radius 1 is 1.33 bits per heavy atom. The van der Waals surface area contributed by atoms with E-state index in [0.717, 1.165) is 5.75 Å². The van der Waals surface area contributed by atoms with Crippen LogP contribution < -0.4 is 9.92 Å². The van der Waals surface area contributed by atoms with Crippen molar-refractivity contribution in [1.29, 1.82) is 0 Å². The second-order valence-corrected chi connectivity index (χ2v) is 9.42. The molecule has 0 bridgehead atoms. The van der Waals surface area contributed by atoms with E-state index in [0.29, 0.717) is 12.8 Å². The van der Waals surface area contributed by atoms with Crippen LogP contribution in [0.1, 0.15) is 6.92 Å². The van der Waals surface area contributed by atoms with E-state index in [2.05, 4.69) is 19.7 Å². The van der Waals surface area contributed by atoms with Crippen molar-refractivity contribution < 1.29 is 14.3 Å². The molecular weight excluding hydrogens is 244 g/mol. The Hall–Kier alpha value is -1.55. The van der Waals surface area contributed by atoms with E-state index >= 15 is 0 Å². The fraction of sp³-hybridized carbons (Fsp3) is 0.357. The molecule has 0 saturated heterocycles. The average Bonchev–Trinajstić information content (AvgIpc) is 2.34. The molecule has 0 N–H and O–H groups in total. The lowest BCUT2D eigenvalue weighted by atomic mass is 10.3. The van der Waals surface area contributed by atoms with E-state index < -0.39 is 8.07 Å². The van der Waals surface area contributed by atoms with Crippen LogP contribution in [0.2, 0.25) is 13.1 Å². The first-order chi connectivity index (χ1) is 8.45. The maximum absolute atomic E-state index is 10.9. The van der Waals surface area contributed by atoms with Gasteiger partial charge in [-0.2, -0.15) is 0 Å². The molecular formula is C14H20O3Si. The first-order valence-corrected chi connectivity index (χ1v) is 9.14. The van der Waals surface area contributed by atoms with Gasteiger partial charge in [0.05, 0.1) is 6.23 Å². The molecule has 0 unspecified atom stereocenters. The van der Waals surface area contributed by atoms with Gasteiger partial charge in [-0.25, -0.2) is 0 Å². The quantitative estimate of drug-likeness (QED) is 0.449. The van der Waals surface area contributed by atoms with Gasteiger partial charge in [0.25, 0.3) is 0 Å². The van der Waals surface area contributed by atoms with Crippen LogP contribution in [0.3, 0.4) is 0 Å². The lowest BCUT2D eigenvalue weighted by Crippen LogP contribution is -2.46. The predicted octanol–water partition coefficient (Wildman–Crippen LogP) is 2.27. The monoisotopic (exact) mass is 264 g/mol. The van der Waals surface area contributed by atoms with E-state index in [4.69, 9.17) is 9.47 Å². The van der Waals surface area contributed by atoms with Gasteiger partial charge in [-0.05, 0) is 12.1 Å². The van der Waals surface area contributed by atoms with E-state index in [1.54, 1.807) is 6.08 Å². The van der Waals surface area contributed by atoms with Crippen LogP contribution in [0.5, 0.6) is 5.75 Å². The summed E-state index contributed by atoms with van der Waals surface area (Å²) in [6.07, 6.45) is 2.22. The molecule has 0 heterocycles. The molecule has 0 spiro atoms. The van der Waals surface area contributed by atoms with Crippen molar-refractivity contribution >= 4 is 19.2 Å². The van der Waals surface area contributed by atoms with Crippen molar-refractivity contribution in [2.45, 2.75) is 20.0 Å². The summed E-state index contributed by atoms with van der Waals surface area (Å²) in [4.78, 5) is 10.9. The third-order valence-corrected chi connectivity index (χ3v) is 5.40. The van der Waals surface area contributed by atoms with Crippen molar-refractivity contribution in [2.75, 3.05) is 12.8 Å². The highest BCUT2D eigenvalue weighted by atomic mass is 28.3. The van der Waals surface area contributed by atoms with E-state index in [-0.39, 0.29) is 5.97 Å². The molecule has 98 valence electrons. The fourth-order valence-corrected chi connectivity index (χ4v) is 3.32. The highest BCUT2D eigenvalue weighted by Gasteiger charge is 2.25. The Kier molecular flexibility index (Phi) is 5.16. The van der Waals surface area contributed by atoms with E-state index in [9.17, 15) is 4.79 Å². The van der Waals surface area contributed by atoms with Crippen LogP contribution in [0.25, 0.3) is 0 Å². The summed E-state index contributed by atoms with van der Waals surface area (Å²) in [6, 6.07) is 7.99. The molecule has 0 saturated carbocycles. The highest BCUT2D eigenvalue weighted by molar-refractivity contribution is 6.89. The molecule has 0 fully saturated rings. The van der Waals surface area contributed by atoms with Crippen LogP contribution in [0.4, 0.5) is 0 Å². The number of hydrogen-bond donors (Lipinski definition) is 0. The Labute approximate surface area is 109 Å². The summed E-state index contributed by atoms with van der Waals surface area (Å²) in [6.45, 7) is 9.91. The molecule has 0 aliphatic rings. The van der Waals surface area contributed by atoms with Gasteiger partial charge in [0.2, 0.25) is 0 Å². The Morgan fingerprint density at radius 3 is 2.44 bits per heavy atom. The van der Waals surface area contributed by atoms with Gasteiger partial charge in [0.15, 0.2) is 0 Å². The highest BCUT2D eigenvalue weighted by Crippen LogP contribution is 2.11. The number of rotatable bonds is 6. The first-order valence-electron chi connectivity index (χ1n) is 5.93. The molecule has 0 atom stereocenters. The number of hydrogen-bond acceptors (Lipinski definition) is 3. The third kappa shape index (κ3) is 4.37. The molecule has 3 nitrogen and oxygen atoms in total. The molecule has 0 aliphatic heterocycles. The molecule has 4 heteroatoms. The SMILES string of the molecule is C=CCOc1ccc([Si](C)(C)COC(C)=O)cc1. The van der Waals surface area contributed by atoms with Crippen LogP contribution in [0, 0.1) is 0 Å². The van der Waals surface area contributed by atoms with Crippen LogP contribution in [0.15, 0.2) is 36.9 Å². The van der Waals surface area contributed by atoms with Gasteiger partial charge < -0.3 is 9.47 Å². The van der Waals surface area contributed by atoms with E-state index in [1.807, 2.05) is 24.3 Å². The van der Waals surface area contributed by atoms with E-state index in [1.165, 1.54) is 12.1 Å². The van der Waals surface area contributed by atoms with Crippen molar-refractivity contribution in [2.24, 2.45) is 0 Å². The first kappa shape index (κ1) is 14.5. The zero-order valence-corrected chi connectivity index (χ0v) is 12.2. The summed E-state index contributed by atoms with van der Waals surface area (Å²) in [5, 5.41) is 1.25. The smallest absolute Gasteiger partial charge is 0.302 e. The van der Waals surface area contributed by atoms with Crippen LogP contribution in [-0.2, 0) is 9.53 Å². The van der Waals surface area contributed by atoms with Gasteiger partial charge in [-0.3, -0.25) is 4.79 Å². The number of esters is 1. The summed E-state index contributed by atoms with van der Waals surface area (Å²) in [5.41, 5.74) is 0. The maximum Gasteiger partial charge on any atom is 0.302 e. The molecule has 1 aromatic carbocycles. The molecule has 0 amide bonds. The predicted molar refractivity (Wildman–Crippen MR) is 75.9 cm³/mol. The van der Waals surface area contributed by atoms with Gasteiger partial charge in [-0.15, -0.1) is 0 Å². The number of carbonyl (C=O) groups is 1. The van der Waals surface area contributed by atoms with Gasteiger partial charge in [0.1, 0.15) is 20.4 Å². The summed E-state index contributed by atoms with van der Waals surface area (Å²) < 4.78 is 10.6. The Morgan fingerprint density at radius 2 is 1.94 bits per heavy atom. The normalized spacial score (nSPS) is 10.8. The Bertz CT molecular complexity index is 410. The minimum atomic E-state index is -1.72. The Balaban J connectivity index is 2.70. The molecule has 18 heavy (non-hydrogen) atoms. The molecule has 0 radical (unpaired) electrons. The van der Waals surface area contributed by atoms with Gasteiger partial charge in [0, 0.05) is 6.92 Å². The number of carbonyl (C=O) groups excluding carboxylic acids is 1. The topological polar surface area (TPSA) is 35.5 Å². The fourth-order valence-electron chi connectivity index (χ4n) is 1.52. The van der Waals surface area contributed by atoms with Crippen molar-refractivity contribution in [3.63, 3.8) is 0 Å². The lowest BCUT2D eigenvalue weighted by Gasteiger charge is -2.22. The average molecular weight is 264 g/mol. The molecule has 0 aromatic heterocycles. The standard InChI is InChI=1S/C14H20O3Si/c1-5-10-16-13-6-8-14(9-7-13)18(3,4)11-17-12(2)15/h5-9H,1,10-11H2,2-4H3. The minimum absolute atomic E-state index is 0.221. The molecule has 1 rings (SSSR count). The maximum atomic E-state index is 10.9.